The fourth-order valence-corrected chi connectivity index (χ4v) is 1.42. The largest absolute Gasteiger partial charge is 0.497 e. The number of nitrogens with zero attached hydrogens (tertiary/aromatic N) is 2. The Bertz CT molecular complexity index is 469. The van der Waals surface area contributed by atoms with Crippen LogP contribution in [0.3, 0.4) is 0 Å². The van der Waals surface area contributed by atoms with Gasteiger partial charge < -0.3 is 4.74 Å². The van der Waals surface area contributed by atoms with E-state index in [4.69, 9.17) is 4.74 Å². The van der Waals surface area contributed by atoms with E-state index in [1.165, 1.54) is 0 Å². The minimum atomic E-state index is -0.212. The third-order valence-electron chi connectivity index (χ3n) is 2.46. The zero-order valence-corrected chi connectivity index (χ0v) is 10.0. The molecule has 0 saturated heterocycles. The maximum Gasteiger partial charge on any atom is 0.119 e. The van der Waals surface area contributed by atoms with Gasteiger partial charge in [-0.2, -0.15) is 10.2 Å². The van der Waals surface area contributed by atoms with Crippen LogP contribution in [0.4, 0.5) is 11.4 Å². The van der Waals surface area contributed by atoms with E-state index >= 15 is 0 Å². The highest BCUT2D eigenvalue weighted by molar-refractivity contribution is 5.43. The van der Waals surface area contributed by atoms with E-state index in [-0.39, 0.29) is 6.61 Å². The highest BCUT2D eigenvalue weighted by Gasteiger charge is 1.94. The van der Waals surface area contributed by atoms with Gasteiger partial charge >= 0.3 is 0 Å². The molecule has 0 amide bonds. The second-order valence-electron chi connectivity index (χ2n) is 3.71. The molecule has 0 aliphatic heterocycles. The molecule has 0 aliphatic rings. The summed E-state index contributed by atoms with van der Waals surface area (Å²) < 4.78 is 5.06. The molecule has 91 valence electrons. The third kappa shape index (κ3) is 3.15. The van der Waals surface area contributed by atoms with Crippen LogP contribution in [0.25, 0.3) is 0 Å². The summed E-state index contributed by atoms with van der Waals surface area (Å²) in [5.41, 5.74) is 2.23. The second kappa shape index (κ2) is 5.93. The predicted molar refractivity (Wildman–Crippen MR) is 68.0 cm³/mol. The van der Waals surface area contributed by atoms with Crippen LogP contribution >= 0.6 is 0 Å². The van der Waals surface area contributed by atoms with Crippen molar-refractivity contribution in [2.75, 3.05) is 7.11 Å². The highest BCUT2D eigenvalue weighted by atomic mass is 16.5. The Morgan fingerprint density at radius 3 is 1.83 bits per heavy atom. The molecule has 0 saturated carbocycles. The number of rotatable bonds is 4. The fraction of sp³-hybridized carbons (Fsp3) is 0.143. The van der Waals surface area contributed by atoms with Crippen molar-refractivity contribution in [3.8, 4) is 5.75 Å². The van der Waals surface area contributed by atoms with E-state index in [0.29, 0.717) is 0 Å². The Kier molecular flexibility index (Phi) is 4.04. The normalized spacial score (nSPS) is 10.8. The lowest BCUT2D eigenvalue weighted by Gasteiger charge is -1.98. The summed E-state index contributed by atoms with van der Waals surface area (Å²) in [7, 11) is 1.62. The summed E-state index contributed by atoms with van der Waals surface area (Å²) in [4.78, 5) is 0. The highest BCUT2D eigenvalue weighted by Crippen LogP contribution is 2.21. The van der Waals surface area contributed by atoms with Crippen LogP contribution in [0.15, 0.2) is 58.8 Å². The summed E-state index contributed by atoms with van der Waals surface area (Å²) in [6, 6.07) is 14.4. The van der Waals surface area contributed by atoms with Gasteiger partial charge in [0.05, 0.1) is 18.5 Å². The van der Waals surface area contributed by atoms with Crippen LogP contribution in [0.1, 0.15) is 5.56 Å². The SMILES string of the molecule is COc1ccc(N=Nc2ccc(C[O])cc2)cc1. The Morgan fingerprint density at radius 1 is 0.889 bits per heavy atom. The lowest BCUT2D eigenvalue weighted by Crippen LogP contribution is -1.79. The molecule has 2 rings (SSSR count). The first-order valence-corrected chi connectivity index (χ1v) is 5.54. The molecule has 1 radical (unpaired) electrons. The maximum atomic E-state index is 10.6. The van der Waals surface area contributed by atoms with E-state index in [0.717, 1.165) is 22.7 Å². The predicted octanol–water partition coefficient (Wildman–Crippen LogP) is 4.04. The number of hydrogen-bond donors (Lipinski definition) is 0. The van der Waals surface area contributed by atoms with E-state index in [1.807, 2.05) is 24.3 Å². The van der Waals surface area contributed by atoms with Gasteiger partial charge in [-0.15, -0.1) is 0 Å². The van der Waals surface area contributed by atoms with E-state index in [2.05, 4.69) is 10.2 Å². The van der Waals surface area contributed by atoms with E-state index in [1.54, 1.807) is 31.4 Å². The van der Waals surface area contributed by atoms with Gasteiger partial charge in [-0.05, 0) is 42.0 Å². The molecule has 4 heteroatoms. The second-order valence-corrected chi connectivity index (χ2v) is 3.71. The Hall–Kier alpha value is -2.20. The van der Waals surface area contributed by atoms with Gasteiger partial charge in [0.1, 0.15) is 12.4 Å². The molecule has 0 N–H and O–H groups in total. The van der Waals surface area contributed by atoms with Crippen molar-refractivity contribution >= 4 is 11.4 Å². The molecule has 4 nitrogen and oxygen atoms in total. The summed E-state index contributed by atoms with van der Waals surface area (Å²) in [5, 5.41) is 18.8. The molecular formula is C14H13N2O2. The average Bonchev–Trinajstić information content (AvgIpc) is 2.46. The summed E-state index contributed by atoms with van der Waals surface area (Å²) in [5.74, 6) is 0.786. The smallest absolute Gasteiger partial charge is 0.119 e. The van der Waals surface area contributed by atoms with Crippen LogP contribution in [0, 0.1) is 0 Å². The van der Waals surface area contributed by atoms with Gasteiger partial charge in [0, 0.05) is 0 Å². The monoisotopic (exact) mass is 241 g/mol. The number of azo groups is 1. The zero-order chi connectivity index (χ0) is 12.8. The molecule has 2 aromatic carbocycles. The average molecular weight is 241 g/mol. The van der Waals surface area contributed by atoms with Crippen molar-refractivity contribution < 1.29 is 9.84 Å². The Labute approximate surface area is 106 Å². The van der Waals surface area contributed by atoms with Crippen molar-refractivity contribution in [3.05, 3.63) is 54.1 Å². The van der Waals surface area contributed by atoms with Crippen LogP contribution in [0.2, 0.25) is 0 Å². The van der Waals surface area contributed by atoms with Crippen LogP contribution in [-0.4, -0.2) is 7.11 Å². The van der Waals surface area contributed by atoms with E-state index < -0.39 is 0 Å². The molecule has 18 heavy (non-hydrogen) atoms. The van der Waals surface area contributed by atoms with Gasteiger partial charge in [-0.25, -0.2) is 5.11 Å². The number of ether oxygens (including phenoxy) is 1. The standard InChI is InChI=1S/C14H13N2O2/c1-18-14-8-6-13(7-9-14)16-15-12-4-2-11(10-17)3-5-12/h2-9H,10H2,1H3. The van der Waals surface area contributed by atoms with Crippen molar-refractivity contribution in [2.45, 2.75) is 6.61 Å². The quantitative estimate of drug-likeness (QED) is 0.745. The van der Waals surface area contributed by atoms with Gasteiger partial charge in [-0.3, -0.25) is 0 Å². The maximum absolute atomic E-state index is 10.6. The lowest BCUT2D eigenvalue weighted by atomic mass is 10.2. The first kappa shape index (κ1) is 12.3. The molecule has 0 heterocycles. The lowest BCUT2D eigenvalue weighted by molar-refractivity contribution is 0.177. The minimum Gasteiger partial charge on any atom is -0.497 e. The van der Waals surface area contributed by atoms with Crippen molar-refractivity contribution in [2.24, 2.45) is 10.2 Å². The molecule has 0 aliphatic carbocycles. The van der Waals surface area contributed by atoms with E-state index in [9.17, 15) is 5.11 Å². The first-order chi connectivity index (χ1) is 8.81. The van der Waals surface area contributed by atoms with Gasteiger partial charge in [0.25, 0.3) is 0 Å². The first-order valence-electron chi connectivity index (χ1n) is 5.54. The number of benzene rings is 2. The van der Waals surface area contributed by atoms with Crippen LogP contribution < -0.4 is 4.74 Å². The molecule has 2 aromatic rings. The molecule has 0 unspecified atom stereocenters. The Balaban J connectivity index is 2.08. The molecule has 0 fully saturated rings. The molecule has 0 spiro atoms. The minimum absolute atomic E-state index is 0.212. The Morgan fingerprint density at radius 2 is 1.39 bits per heavy atom. The van der Waals surface area contributed by atoms with Crippen LogP contribution in [0.5, 0.6) is 5.75 Å². The molecule has 0 bridgehead atoms. The summed E-state index contributed by atoms with van der Waals surface area (Å²) in [6.45, 7) is -0.212. The topological polar surface area (TPSA) is 53.9 Å². The fourth-order valence-electron chi connectivity index (χ4n) is 1.42. The number of hydrogen-bond acceptors (Lipinski definition) is 3. The summed E-state index contributed by atoms with van der Waals surface area (Å²) >= 11 is 0. The molecular weight excluding hydrogens is 228 g/mol. The number of methoxy groups -OCH3 is 1. The molecule has 0 aromatic heterocycles. The van der Waals surface area contributed by atoms with Crippen molar-refractivity contribution in [1.29, 1.82) is 0 Å². The summed E-state index contributed by atoms with van der Waals surface area (Å²) in [6.07, 6.45) is 0. The van der Waals surface area contributed by atoms with Crippen molar-refractivity contribution in [1.82, 2.24) is 0 Å². The van der Waals surface area contributed by atoms with Gasteiger partial charge in [0.2, 0.25) is 0 Å². The third-order valence-corrected chi connectivity index (χ3v) is 2.46. The van der Waals surface area contributed by atoms with Gasteiger partial charge in [0.15, 0.2) is 0 Å². The van der Waals surface area contributed by atoms with Gasteiger partial charge in [-0.1, -0.05) is 12.1 Å². The van der Waals surface area contributed by atoms with Crippen molar-refractivity contribution in [3.63, 3.8) is 0 Å². The molecule has 0 atom stereocenters. The zero-order valence-electron chi connectivity index (χ0n) is 10.0. The van der Waals surface area contributed by atoms with Crippen LogP contribution in [-0.2, 0) is 11.7 Å².